The Balaban J connectivity index is 1.47. The molecule has 0 bridgehead atoms. The van der Waals surface area contributed by atoms with Crippen molar-refractivity contribution in [1.29, 1.82) is 0 Å². The quantitative estimate of drug-likeness (QED) is 0.264. The first kappa shape index (κ1) is 26.5. The number of aryl methyl sites for hydroxylation is 1. The molecule has 7 nitrogen and oxygen atoms in total. The lowest BCUT2D eigenvalue weighted by Gasteiger charge is -2.16. The summed E-state index contributed by atoms with van der Waals surface area (Å²) in [5.41, 5.74) is 3.13. The summed E-state index contributed by atoms with van der Waals surface area (Å²) in [4.78, 5) is 23.5. The fraction of sp³-hybridized carbons (Fsp3) is 0.179. The number of halogens is 3. The topological polar surface area (TPSA) is 102 Å². The van der Waals surface area contributed by atoms with E-state index in [9.17, 15) is 22.8 Å². The molecule has 0 aliphatic heterocycles. The largest absolute Gasteiger partial charge is 0.481 e. The second-order valence-corrected chi connectivity index (χ2v) is 8.61. The number of hydrogen-bond donors (Lipinski definition) is 2. The third-order valence-electron chi connectivity index (χ3n) is 5.85. The number of nitrogens with one attached hydrogen (secondary N) is 1. The van der Waals surface area contributed by atoms with Gasteiger partial charge in [0, 0.05) is 5.56 Å². The average molecular weight is 524 g/mol. The maximum atomic E-state index is 13.0. The van der Waals surface area contributed by atoms with E-state index in [1.807, 2.05) is 24.3 Å². The molecule has 10 heteroatoms. The molecule has 196 valence electrons. The first-order valence-electron chi connectivity index (χ1n) is 11.5. The minimum atomic E-state index is -4.51. The number of rotatable bonds is 7. The first-order chi connectivity index (χ1) is 18.0. The zero-order chi connectivity index (χ0) is 27.4. The molecule has 4 rings (SSSR count). The van der Waals surface area contributed by atoms with Crippen LogP contribution in [0, 0.1) is 6.92 Å². The van der Waals surface area contributed by atoms with Gasteiger partial charge in [0.05, 0.1) is 12.0 Å². The molecule has 0 saturated heterocycles. The smallest absolute Gasteiger partial charge is 0.416 e. The van der Waals surface area contributed by atoms with Gasteiger partial charge in [-0.25, -0.2) is 4.79 Å². The molecular weight excluding hydrogens is 501 g/mol. The van der Waals surface area contributed by atoms with Gasteiger partial charge in [-0.1, -0.05) is 65.8 Å². The number of carbonyl (C=O) groups excluding carboxylic acids is 1. The van der Waals surface area contributed by atoms with Crippen LogP contribution < -0.4 is 5.32 Å². The van der Waals surface area contributed by atoms with Crippen LogP contribution in [0.5, 0.6) is 0 Å². The SMILES string of the molecule is Cc1noc(-c2ccc(-c3ccc(CC(=O)O)cc3)cc2)c1NC(=O)OC(C)c1cccc(C(F)(F)F)c1. The minimum absolute atomic E-state index is 0.0546. The molecule has 1 aromatic heterocycles. The third kappa shape index (κ3) is 6.20. The highest BCUT2D eigenvalue weighted by Crippen LogP contribution is 2.34. The maximum absolute atomic E-state index is 13.0. The predicted octanol–water partition coefficient (Wildman–Crippen LogP) is 7.27. The molecule has 0 radical (unpaired) electrons. The van der Waals surface area contributed by atoms with Crippen molar-refractivity contribution in [2.24, 2.45) is 0 Å². The highest BCUT2D eigenvalue weighted by Gasteiger charge is 2.31. The summed E-state index contributed by atoms with van der Waals surface area (Å²) in [5.74, 6) is -0.614. The first-order valence-corrected chi connectivity index (χ1v) is 11.5. The van der Waals surface area contributed by atoms with Crippen molar-refractivity contribution in [3.05, 3.63) is 95.2 Å². The lowest BCUT2D eigenvalue weighted by molar-refractivity contribution is -0.138. The van der Waals surface area contributed by atoms with E-state index >= 15 is 0 Å². The number of ether oxygens (including phenoxy) is 1. The molecule has 1 unspecified atom stereocenters. The summed E-state index contributed by atoms with van der Waals surface area (Å²) in [6.07, 6.45) is -6.38. The number of anilines is 1. The van der Waals surface area contributed by atoms with Crippen molar-refractivity contribution in [2.75, 3.05) is 5.32 Å². The Morgan fingerprint density at radius 2 is 1.61 bits per heavy atom. The van der Waals surface area contributed by atoms with Crippen LogP contribution in [0.25, 0.3) is 22.5 Å². The van der Waals surface area contributed by atoms with Gasteiger partial charge in [0.2, 0.25) is 0 Å². The lowest BCUT2D eigenvalue weighted by Crippen LogP contribution is -2.17. The van der Waals surface area contributed by atoms with Crippen LogP contribution in [0.3, 0.4) is 0 Å². The molecule has 4 aromatic rings. The monoisotopic (exact) mass is 524 g/mol. The molecule has 0 spiro atoms. The Morgan fingerprint density at radius 1 is 1.00 bits per heavy atom. The van der Waals surface area contributed by atoms with Crippen LogP contribution in [0.15, 0.2) is 77.3 Å². The van der Waals surface area contributed by atoms with Crippen molar-refractivity contribution in [3.63, 3.8) is 0 Å². The van der Waals surface area contributed by atoms with Gasteiger partial charge in [-0.3, -0.25) is 10.1 Å². The zero-order valence-corrected chi connectivity index (χ0v) is 20.4. The fourth-order valence-electron chi connectivity index (χ4n) is 3.85. The van der Waals surface area contributed by atoms with Gasteiger partial charge in [0.15, 0.2) is 5.76 Å². The van der Waals surface area contributed by atoms with Crippen LogP contribution in [0.2, 0.25) is 0 Å². The summed E-state index contributed by atoms with van der Waals surface area (Å²) in [5, 5.41) is 15.4. The number of aliphatic carboxylic acids is 1. The van der Waals surface area contributed by atoms with E-state index in [0.717, 1.165) is 23.3 Å². The number of carbonyl (C=O) groups is 2. The van der Waals surface area contributed by atoms with Gasteiger partial charge in [-0.2, -0.15) is 13.2 Å². The molecule has 0 aliphatic rings. The highest BCUT2D eigenvalue weighted by molar-refractivity contribution is 5.91. The molecule has 0 fully saturated rings. The summed E-state index contributed by atoms with van der Waals surface area (Å²) < 4.78 is 49.8. The molecule has 2 N–H and O–H groups in total. The van der Waals surface area contributed by atoms with Gasteiger partial charge in [-0.15, -0.1) is 0 Å². The maximum Gasteiger partial charge on any atom is 0.416 e. The Morgan fingerprint density at radius 3 is 2.21 bits per heavy atom. The van der Waals surface area contributed by atoms with Crippen molar-refractivity contribution in [2.45, 2.75) is 32.5 Å². The minimum Gasteiger partial charge on any atom is -0.481 e. The van der Waals surface area contributed by atoms with E-state index in [1.165, 1.54) is 19.1 Å². The summed E-state index contributed by atoms with van der Waals surface area (Å²) in [7, 11) is 0. The molecule has 1 amide bonds. The van der Waals surface area contributed by atoms with Gasteiger partial charge in [0.25, 0.3) is 0 Å². The van der Waals surface area contributed by atoms with E-state index in [1.54, 1.807) is 31.2 Å². The lowest BCUT2D eigenvalue weighted by atomic mass is 10.0. The average Bonchev–Trinajstić information content (AvgIpc) is 3.23. The van der Waals surface area contributed by atoms with E-state index < -0.39 is 29.9 Å². The number of amides is 1. The Kier molecular flexibility index (Phi) is 7.52. The second-order valence-electron chi connectivity index (χ2n) is 8.61. The number of carboxylic acid groups (broad SMARTS) is 1. The normalized spacial score (nSPS) is 12.1. The molecule has 0 saturated carbocycles. The Hall–Kier alpha value is -4.60. The standard InChI is InChI=1S/C28H23F3N2O5/c1-16-25(32-27(36)37-17(2)22-4-3-5-23(15-22)28(29,30)31)26(38-33-16)21-12-10-20(11-13-21)19-8-6-18(7-9-19)14-24(34)35/h3-13,15,17H,14H2,1-2H3,(H,32,36)(H,34,35). The van der Waals surface area contributed by atoms with Crippen molar-refractivity contribution in [1.82, 2.24) is 5.16 Å². The summed E-state index contributed by atoms with van der Waals surface area (Å²) in [6.45, 7) is 3.11. The molecule has 1 atom stereocenters. The van der Waals surface area contributed by atoms with E-state index in [-0.39, 0.29) is 23.4 Å². The molecular formula is C28H23F3N2O5. The van der Waals surface area contributed by atoms with Gasteiger partial charge < -0.3 is 14.4 Å². The van der Waals surface area contributed by atoms with E-state index in [0.29, 0.717) is 16.8 Å². The van der Waals surface area contributed by atoms with Crippen LogP contribution in [-0.4, -0.2) is 22.3 Å². The molecule has 3 aromatic carbocycles. The van der Waals surface area contributed by atoms with E-state index in [4.69, 9.17) is 14.4 Å². The van der Waals surface area contributed by atoms with Crippen LogP contribution >= 0.6 is 0 Å². The van der Waals surface area contributed by atoms with Crippen molar-refractivity contribution >= 4 is 17.7 Å². The van der Waals surface area contributed by atoms with Crippen LogP contribution in [0.1, 0.15) is 35.4 Å². The molecule has 38 heavy (non-hydrogen) atoms. The number of carboxylic acids is 1. The number of hydrogen-bond acceptors (Lipinski definition) is 5. The van der Waals surface area contributed by atoms with Crippen molar-refractivity contribution < 1.29 is 37.1 Å². The fourth-order valence-corrected chi connectivity index (χ4v) is 3.85. The number of aromatic nitrogens is 1. The number of alkyl halides is 3. The Bertz CT molecular complexity index is 1440. The van der Waals surface area contributed by atoms with Crippen LogP contribution in [0.4, 0.5) is 23.7 Å². The zero-order valence-electron chi connectivity index (χ0n) is 20.4. The highest BCUT2D eigenvalue weighted by atomic mass is 19.4. The van der Waals surface area contributed by atoms with Crippen molar-refractivity contribution in [3.8, 4) is 22.5 Å². The van der Waals surface area contributed by atoms with Gasteiger partial charge >= 0.3 is 18.2 Å². The van der Waals surface area contributed by atoms with Crippen LogP contribution in [-0.2, 0) is 22.1 Å². The summed E-state index contributed by atoms with van der Waals surface area (Å²) >= 11 is 0. The van der Waals surface area contributed by atoms with E-state index in [2.05, 4.69) is 10.5 Å². The molecule has 1 heterocycles. The third-order valence-corrected chi connectivity index (χ3v) is 5.85. The number of nitrogens with zero attached hydrogens (tertiary/aromatic N) is 1. The number of benzene rings is 3. The Labute approximate surface area is 215 Å². The second kappa shape index (κ2) is 10.8. The van der Waals surface area contributed by atoms with Gasteiger partial charge in [-0.05, 0) is 48.2 Å². The molecule has 0 aliphatic carbocycles. The summed E-state index contributed by atoms with van der Waals surface area (Å²) in [6, 6.07) is 19.0. The predicted molar refractivity (Wildman–Crippen MR) is 133 cm³/mol. The van der Waals surface area contributed by atoms with Gasteiger partial charge in [0.1, 0.15) is 17.5 Å².